The molecule has 18 heavy (non-hydrogen) atoms. The summed E-state index contributed by atoms with van der Waals surface area (Å²) >= 11 is 0. The molecule has 1 aliphatic heterocycles. The predicted molar refractivity (Wildman–Crippen MR) is 70.0 cm³/mol. The molecular weight excluding hydrogens is 229 g/mol. The van der Waals surface area contributed by atoms with Crippen LogP contribution in [0.2, 0.25) is 0 Å². The highest BCUT2D eigenvalue weighted by molar-refractivity contribution is 5.60. The second-order valence-corrected chi connectivity index (χ2v) is 4.76. The number of hydrogen-bond donors (Lipinski definition) is 1. The standard InChI is InChI=1S/C14H18FN3/c1-17-9-11-4-3-7-18(10-11)14-6-2-5-13(15)12(14)8-16/h2,5-6,11,17H,3-4,7,9-10H2,1H3. The Hall–Kier alpha value is -1.60. The minimum atomic E-state index is -0.425. The summed E-state index contributed by atoms with van der Waals surface area (Å²) in [6, 6.07) is 6.83. The molecular formula is C14H18FN3. The third-order valence-electron chi connectivity index (χ3n) is 3.46. The van der Waals surface area contributed by atoms with E-state index in [0.717, 1.165) is 31.7 Å². The fraction of sp³-hybridized carbons (Fsp3) is 0.500. The van der Waals surface area contributed by atoms with E-state index in [-0.39, 0.29) is 5.56 Å². The molecule has 0 spiro atoms. The lowest BCUT2D eigenvalue weighted by Gasteiger charge is -2.34. The summed E-state index contributed by atoms with van der Waals surface area (Å²) in [5, 5.41) is 12.3. The van der Waals surface area contributed by atoms with E-state index in [0.29, 0.717) is 5.92 Å². The fourth-order valence-electron chi connectivity index (χ4n) is 2.63. The zero-order valence-corrected chi connectivity index (χ0v) is 10.6. The molecule has 2 rings (SSSR count). The van der Waals surface area contributed by atoms with Gasteiger partial charge in [-0.1, -0.05) is 6.07 Å². The molecule has 0 amide bonds. The van der Waals surface area contributed by atoms with Crippen molar-refractivity contribution in [3.63, 3.8) is 0 Å². The van der Waals surface area contributed by atoms with Crippen molar-refractivity contribution >= 4 is 5.69 Å². The molecule has 1 saturated heterocycles. The highest BCUT2D eigenvalue weighted by Crippen LogP contribution is 2.27. The Balaban J connectivity index is 2.21. The predicted octanol–water partition coefficient (Wildman–Crippen LogP) is 2.13. The van der Waals surface area contributed by atoms with Crippen molar-refractivity contribution in [2.75, 3.05) is 31.6 Å². The van der Waals surface area contributed by atoms with E-state index in [1.165, 1.54) is 12.5 Å². The van der Waals surface area contributed by atoms with Crippen LogP contribution in [0.5, 0.6) is 0 Å². The maximum Gasteiger partial charge on any atom is 0.143 e. The first kappa shape index (κ1) is 12.8. The highest BCUT2D eigenvalue weighted by atomic mass is 19.1. The molecule has 3 nitrogen and oxygen atoms in total. The van der Waals surface area contributed by atoms with Gasteiger partial charge >= 0.3 is 0 Å². The zero-order valence-electron chi connectivity index (χ0n) is 10.6. The first-order valence-corrected chi connectivity index (χ1v) is 6.34. The fourth-order valence-corrected chi connectivity index (χ4v) is 2.63. The van der Waals surface area contributed by atoms with Gasteiger partial charge in [-0.15, -0.1) is 0 Å². The van der Waals surface area contributed by atoms with Crippen molar-refractivity contribution < 1.29 is 4.39 Å². The first-order chi connectivity index (χ1) is 8.76. The van der Waals surface area contributed by atoms with Gasteiger partial charge in [0, 0.05) is 13.1 Å². The van der Waals surface area contributed by atoms with E-state index >= 15 is 0 Å². The number of nitrogens with zero attached hydrogens (tertiary/aromatic N) is 2. The SMILES string of the molecule is CNCC1CCCN(c2cccc(F)c2C#N)C1. The molecule has 1 unspecified atom stereocenters. The molecule has 1 aromatic carbocycles. The second-order valence-electron chi connectivity index (χ2n) is 4.76. The van der Waals surface area contributed by atoms with Gasteiger partial charge in [-0.25, -0.2) is 4.39 Å². The number of rotatable bonds is 3. The van der Waals surface area contributed by atoms with Crippen molar-refractivity contribution in [1.82, 2.24) is 5.32 Å². The van der Waals surface area contributed by atoms with E-state index in [1.807, 2.05) is 19.2 Å². The van der Waals surface area contributed by atoms with E-state index in [9.17, 15) is 4.39 Å². The average Bonchev–Trinajstić information content (AvgIpc) is 2.39. The smallest absolute Gasteiger partial charge is 0.143 e. The molecule has 1 N–H and O–H groups in total. The minimum absolute atomic E-state index is 0.169. The molecule has 0 saturated carbocycles. The Bertz CT molecular complexity index is 451. The van der Waals surface area contributed by atoms with Gasteiger partial charge in [-0.2, -0.15) is 5.26 Å². The molecule has 1 aliphatic rings. The summed E-state index contributed by atoms with van der Waals surface area (Å²) in [5.74, 6) is 0.143. The van der Waals surface area contributed by atoms with Crippen molar-refractivity contribution in [2.45, 2.75) is 12.8 Å². The Morgan fingerprint density at radius 1 is 1.56 bits per heavy atom. The molecule has 4 heteroatoms. The van der Waals surface area contributed by atoms with Gasteiger partial charge in [0.05, 0.1) is 5.69 Å². The van der Waals surface area contributed by atoms with Crippen LogP contribution in [0.15, 0.2) is 18.2 Å². The van der Waals surface area contributed by atoms with Gasteiger partial charge in [0.2, 0.25) is 0 Å². The van der Waals surface area contributed by atoms with Gasteiger partial charge in [-0.05, 0) is 44.5 Å². The summed E-state index contributed by atoms with van der Waals surface area (Å²) in [6.45, 7) is 2.75. The Morgan fingerprint density at radius 3 is 3.11 bits per heavy atom. The van der Waals surface area contributed by atoms with E-state index in [1.54, 1.807) is 6.07 Å². The third-order valence-corrected chi connectivity index (χ3v) is 3.46. The second kappa shape index (κ2) is 5.83. The first-order valence-electron chi connectivity index (χ1n) is 6.34. The molecule has 1 aromatic rings. The lowest BCUT2D eigenvalue weighted by atomic mass is 9.97. The normalized spacial score (nSPS) is 19.6. The number of anilines is 1. The number of piperidine rings is 1. The number of benzene rings is 1. The highest BCUT2D eigenvalue weighted by Gasteiger charge is 2.22. The summed E-state index contributed by atoms with van der Waals surface area (Å²) in [7, 11) is 1.95. The van der Waals surface area contributed by atoms with Crippen LogP contribution in [-0.4, -0.2) is 26.7 Å². The van der Waals surface area contributed by atoms with E-state index < -0.39 is 5.82 Å². The number of nitrogens with one attached hydrogen (secondary N) is 1. The van der Waals surface area contributed by atoms with Gasteiger partial charge in [-0.3, -0.25) is 0 Å². The molecule has 0 bridgehead atoms. The van der Waals surface area contributed by atoms with Crippen LogP contribution in [0, 0.1) is 23.1 Å². The largest absolute Gasteiger partial charge is 0.370 e. The monoisotopic (exact) mass is 247 g/mol. The van der Waals surface area contributed by atoms with Crippen LogP contribution in [0.25, 0.3) is 0 Å². The summed E-state index contributed by atoms with van der Waals surface area (Å²) in [5.41, 5.74) is 0.904. The lowest BCUT2D eigenvalue weighted by Crippen LogP contribution is -2.39. The van der Waals surface area contributed by atoms with Gasteiger partial charge in [0.25, 0.3) is 0 Å². The number of halogens is 1. The molecule has 1 fully saturated rings. The lowest BCUT2D eigenvalue weighted by molar-refractivity contribution is 0.402. The molecule has 0 aromatic heterocycles. The van der Waals surface area contributed by atoms with E-state index in [2.05, 4.69) is 10.2 Å². The quantitative estimate of drug-likeness (QED) is 0.889. The Labute approximate surface area is 107 Å². The summed E-state index contributed by atoms with van der Waals surface area (Å²) in [4.78, 5) is 2.13. The maximum atomic E-state index is 13.6. The Morgan fingerprint density at radius 2 is 2.39 bits per heavy atom. The topological polar surface area (TPSA) is 39.1 Å². The van der Waals surface area contributed by atoms with Crippen molar-refractivity contribution in [1.29, 1.82) is 5.26 Å². The summed E-state index contributed by atoms with van der Waals surface area (Å²) in [6.07, 6.45) is 2.28. The molecule has 0 radical (unpaired) electrons. The van der Waals surface area contributed by atoms with Crippen LogP contribution < -0.4 is 10.2 Å². The zero-order chi connectivity index (χ0) is 13.0. The number of hydrogen-bond acceptors (Lipinski definition) is 3. The Kier molecular flexibility index (Phi) is 4.16. The molecule has 96 valence electrons. The summed E-state index contributed by atoms with van der Waals surface area (Å²) < 4.78 is 13.6. The van der Waals surface area contributed by atoms with Crippen molar-refractivity contribution in [2.24, 2.45) is 5.92 Å². The van der Waals surface area contributed by atoms with Crippen LogP contribution >= 0.6 is 0 Å². The molecule has 0 aliphatic carbocycles. The average molecular weight is 247 g/mol. The molecule has 1 heterocycles. The van der Waals surface area contributed by atoms with Crippen LogP contribution in [-0.2, 0) is 0 Å². The van der Waals surface area contributed by atoms with Crippen LogP contribution in [0.4, 0.5) is 10.1 Å². The van der Waals surface area contributed by atoms with Crippen LogP contribution in [0.3, 0.4) is 0 Å². The molecule has 1 atom stereocenters. The van der Waals surface area contributed by atoms with Gasteiger partial charge in [0.15, 0.2) is 0 Å². The third kappa shape index (κ3) is 2.62. The van der Waals surface area contributed by atoms with Crippen molar-refractivity contribution in [3.05, 3.63) is 29.6 Å². The van der Waals surface area contributed by atoms with Gasteiger partial charge < -0.3 is 10.2 Å². The van der Waals surface area contributed by atoms with Gasteiger partial charge in [0.1, 0.15) is 17.4 Å². The maximum absolute atomic E-state index is 13.6. The number of nitriles is 1. The van der Waals surface area contributed by atoms with Crippen molar-refractivity contribution in [3.8, 4) is 6.07 Å². The minimum Gasteiger partial charge on any atom is -0.370 e. The van der Waals surface area contributed by atoms with E-state index in [4.69, 9.17) is 5.26 Å². The van der Waals surface area contributed by atoms with Crippen LogP contribution in [0.1, 0.15) is 18.4 Å².